The molecule has 142 valence electrons. The molecule has 3 heterocycles. The van der Waals surface area contributed by atoms with Gasteiger partial charge in [-0.3, -0.25) is 4.79 Å². The number of hydrogen-bond donors (Lipinski definition) is 1. The zero-order chi connectivity index (χ0) is 18.8. The van der Waals surface area contributed by atoms with Crippen LogP contribution in [0, 0.1) is 6.92 Å². The molecule has 0 radical (unpaired) electrons. The van der Waals surface area contributed by atoms with E-state index in [-0.39, 0.29) is 12.7 Å². The van der Waals surface area contributed by atoms with Gasteiger partial charge in [-0.1, -0.05) is 6.07 Å². The Hall–Kier alpha value is -3.03. The highest BCUT2D eigenvalue weighted by molar-refractivity contribution is 5.73. The number of anilines is 2. The van der Waals surface area contributed by atoms with E-state index in [2.05, 4.69) is 20.2 Å². The van der Waals surface area contributed by atoms with Gasteiger partial charge in [-0.05, 0) is 24.6 Å². The number of ether oxygens (including phenoxy) is 2. The van der Waals surface area contributed by atoms with E-state index in [1.54, 1.807) is 6.92 Å². The number of aryl methyl sites for hydroxylation is 1. The Balaban J connectivity index is 1.42. The molecule has 0 bridgehead atoms. The van der Waals surface area contributed by atoms with Crippen LogP contribution in [0.5, 0.6) is 11.5 Å². The number of nitrogens with zero attached hydrogens (tertiary/aromatic N) is 4. The van der Waals surface area contributed by atoms with Gasteiger partial charge in [0.05, 0.1) is 0 Å². The summed E-state index contributed by atoms with van der Waals surface area (Å²) in [7, 11) is 0. The first kappa shape index (κ1) is 17.4. The van der Waals surface area contributed by atoms with Crippen LogP contribution in [0.4, 0.5) is 11.8 Å². The van der Waals surface area contributed by atoms with Gasteiger partial charge >= 0.3 is 0 Å². The van der Waals surface area contributed by atoms with Crippen molar-refractivity contribution < 1.29 is 14.3 Å². The normalized spacial score (nSPS) is 15.8. The van der Waals surface area contributed by atoms with Gasteiger partial charge in [-0.25, -0.2) is 4.98 Å². The Bertz CT molecular complexity index is 849. The number of fused-ring (bicyclic) bond motifs is 1. The topological polar surface area (TPSA) is 79.8 Å². The van der Waals surface area contributed by atoms with Crippen LogP contribution < -0.4 is 19.7 Å². The SMILES string of the molecule is CC(=O)N1CCN(c2cc(C)nc(NCc3ccc4c(c3)OCO4)n2)CC1. The van der Waals surface area contributed by atoms with Gasteiger partial charge in [-0.2, -0.15) is 4.98 Å². The molecule has 0 unspecified atom stereocenters. The van der Waals surface area contributed by atoms with E-state index in [0.717, 1.165) is 54.8 Å². The van der Waals surface area contributed by atoms with Gasteiger partial charge in [0.1, 0.15) is 5.82 Å². The number of amides is 1. The second kappa shape index (κ2) is 7.30. The number of piperazine rings is 1. The fraction of sp³-hybridized carbons (Fsp3) is 0.421. The summed E-state index contributed by atoms with van der Waals surface area (Å²) in [6, 6.07) is 7.86. The minimum absolute atomic E-state index is 0.125. The summed E-state index contributed by atoms with van der Waals surface area (Å²) in [4.78, 5) is 24.7. The van der Waals surface area contributed by atoms with Crippen molar-refractivity contribution in [1.29, 1.82) is 0 Å². The van der Waals surface area contributed by atoms with Crippen molar-refractivity contribution in [2.75, 3.05) is 43.2 Å². The van der Waals surface area contributed by atoms with Gasteiger partial charge in [0.25, 0.3) is 0 Å². The molecule has 0 saturated carbocycles. The molecule has 0 spiro atoms. The first-order valence-corrected chi connectivity index (χ1v) is 9.07. The third kappa shape index (κ3) is 3.89. The van der Waals surface area contributed by atoms with E-state index in [1.807, 2.05) is 36.1 Å². The fourth-order valence-corrected chi connectivity index (χ4v) is 3.28. The number of rotatable bonds is 4. The molecule has 4 rings (SSSR count). The number of benzene rings is 1. The smallest absolute Gasteiger partial charge is 0.231 e. The standard InChI is InChI=1S/C19H23N5O3/c1-13-9-18(24-7-5-23(6-8-24)14(2)25)22-19(21-13)20-11-15-3-4-16-17(10-15)27-12-26-16/h3-4,9-10H,5-8,11-12H2,1-2H3,(H,20,21,22). The van der Waals surface area contributed by atoms with E-state index < -0.39 is 0 Å². The molecular weight excluding hydrogens is 346 g/mol. The van der Waals surface area contributed by atoms with E-state index in [1.165, 1.54) is 0 Å². The van der Waals surface area contributed by atoms with Crippen LogP contribution >= 0.6 is 0 Å². The fourth-order valence-electron chi connectivity index (χ4n) is 3.28. The van der Waals surface area contributed by atoms with Crippen molar-refractivity contribution in [2.24, 2.45) is 0 Å². The van der Waals surface area contributed by atoms with Gasteiger partial charge in [0.15, 0.2) is 11.5 Å². The summed E-state index contributed by atoms with van der Waals surface area (Å²) in [6.45, 7) is 7.43. The van der Waals surface area contributed by atoms with E-state index in [4.69, 9.17) is 9.47 Å². The van der Waals surface area contributed by atoms with Gasteiger partial charge in [-0.15, -0.1) is 0 Å². The Labute approximate surface area is 158 Å². The Morgan fingerprint density at radius 2 is 1.89 bits per heavy atom. The van der Waals surface area contributed by atoms with Crippen LogP contribution in [-0.2, 0) is 11.3 Å². The molecule has 0 atom stereocenters. The third-order valence-corrected chi connectivity index (χ3v) is 4.78. The Morgan fingerprint density at radius 3 is 2.67 bits per heavy atom. The molecule has 1 aromatic carbocycles. The number of hydrogen-bond acceptors (Lipinski definition) is 7. The summed E-state index contributed by atoms with van der Waals surface area (Å²) in [5.74, 6) is 3.15. The number of carbonyl (C=O) groups excluding carboxylic acids is 1. The molecule has 1 amide bonds. The molecule has 27 heavy (non-hydrogen) atoms. The van der Waals surface area contributed by atoms with Crippen molar-refractivity contribution in [3.05, 3.63) is 35.5 Å². The Kier molecular flexibility index (Phi) is 4.70. The number of nitrogens with one attached hydrogen (secondary N) is 1. The van der Waals surface area contributed by atoms with Crippen LogP contribution in [0.3, 0.4) is 0 Å². The van der Waals surface area contributed by atoms with Crippen LogP contribution in [0.2, 0.25) is 0 Å². The quantitative estimate of drug-likeness (QED) is 0.880. The van der Waals surface area contributed by atoms with Gasteiger partial charge < -0.3 is 24.6 Å². The van der Waals surface area contributed by atoms with Crippen molar-refractivity contribution in [3.63, 3.8) is 0 Å². The van der Waals surface area contributed by atoms with Crippen LogP contribution in [0.15, 0.2) is 24.3 Å². The molecule has 2 aliphatic rings. The van der Waals surface area contributed by atoms with E-state index >= 15 is 0 Å². The zero-order valence-electron chi connectivity index (χ0n) is 15.6. The van der Waals surface area contributed by atoms with Crippen LogP contribution in [0.25, 0.3) is 0 Å². The first-order chi connectivity index (χ1) is 13.1. The molecule has 2 aromatic rings. The molecule has 1 aromatic heterocycles. The summed E-state index contributed by atoms with van der Waals surface area (Å²) in [5, 5.41) is 3.29. The van der Waals surface area contributed by atoms with Crippen molar-refractivity contribution in [3.8, 4) is 11.5 Å². The minimum atomic E-state index is 0.125. The predicted octanol–water partition coefficient (Wildman–Crippen LogP) is 1.79. The molecule has 1 saturated heterocycles. The monoisotopic (exact) mass is 369 g/mol. The predicted molar refractivity (Wildman–Crippen MR) is 101 cm³/mol. The molecule has 8 nitrogen and oxygen atoms in total. The zero-order valence-corrected chi connectivity index (χ0v) is 15.6. The van der Waals surface area contributed by atoms with Crippen molar-refractivity contribution >= 4 is 17.7 Å². The summed E-state index contributed by atoms with van der Waals surface area (Å²) in [6.07, 6.45) is 0. The average molecular weight is 369 g/mol. The Morgan fingerprint density at radius 1 is 1.11 bits per heavy atom. The second-order valence-corrected chi connectivity index (χ2v) is 6.73. The summed E-state index contributed by atoms with van der Waals surface area (Å²) < 4.78 is 10.8. The molecule has 1 fully saturated rings. The molecular formula is C19H23N5O3. The maximum absolute atomic E-state index is 11.5. The lowest BCUT2D eigenvalue weighted by Crippen LogP contribution is -2.48. The highest BCUT2D eigenvalue weighted by Crippen LogP contribution is 2.32. The summed E-state index contributed by atoms with van der Waals surface area (Å²) in [5.41, 5.74) is 1.98. The number of carbonyl (C=O) groups is 1. The maximum Gasteiger partial charge on any atom is 0.231 e. The third-order valence-electron chi connectivity index (χ3n) is 4.78. The minimum Gasteiger partial charge on any atom is -0.454 e. The van der Waals surface area contributed by atoms with Gasteiger partial charge in [0, 0.05) is 51.4 Å². The van der Waals surface area contributed by atoms with Crippen molar-refractivity contribution in [1.82, 2.24) is 14.9 Å². The lowest BCUT2D eigenvalue weighted by molar-refractivity contribution is -0.129. The maximum atomic E-state index is 11.5. The van der Waals surface area contributed by atoms with Gasteiger partial charge in [0.2, 0.25) is 18.6 Å². The van der Waals surface area contributed by atoms with Crippen molar-refractivity contribution in [2.45, 2.75) is 20.4 Å². The van der Waals surface area contributed by atoms with E-state index in [9.17, 15) is 4.79 Å². The first-order valence-electron chi connectivity index (χ1n) is 9.07. The lowest BCUT2D eigenvalue weighted by Gasteiger charge is -2.35. The van der Waals surface area contributed by atoms with Crippen LogP contribution in [-0.4, -0.2) is 53.7 Å². The lowest BCUT2D eigenvalue weighted by atomic mass is 10.2. The number of aromatic nitrogens is 2. The second-order valence-electron chi connectivity index (χ2n) is 6.73. The molecule has 1 N–H and O–H groups in total. The highest BCUT2D eigenvalue weighted by atomic mass is 16.7. The largest absolute Gasteiger partial charge is 0.454 e. The average Bonchev–Trinajstić information content (AvgIpc) is 3.14. The molecule has 8 heteroatoms. The summed E-state index contributed by atoms with van der Waals surface area (Å²) >= 11 is 0. The molecule has 2 aliphatic heterocycles. The highest BCUT2D eigenvalue weighted by Gasteiger charge is 2.20. The van der Waals surface area contributed by atoms with Crippen LogP contribution in [0.1, 0.15) is 18.2 Å². The van der Waals surface area contributed by atoms with E-state index in [0.29, 0.717) is 12.5 Å². The molecule has 0 aliphatic carbocycles.